The number of rotatable bonds is 2. The molecule has 0 aromatic heterocycles. The number of carboxylic acid groups (broad SMARTS) is 1. The van der Waals surface area contributed by atoms with E-state index < -0.39 is 39.6 Å². The highest BCUT2D eigenvalue weighted by Crippen LogP contribution is 2.38. The summed E-state index contributed by atoms with van der Waals surface area (Å²) in [4.78, 5) is 34.2. The summed E-state index contributed by atoms with van der Waals surface area (Å²) in [6.45, 7) is 9.29. The number of nitrogens with zero attached hydrogens (tertiary/aromatic N) is 2. The van der Waals surface area contributed by atoms with Crippen LogP contribution in [-0.2, 0) is 10.2 Å². The van der Waals surface area contributed by atoms with Crippen molar-refractivity contribution >= 4 is 23.6 Å². The van der Waals surface area contributed by atoms with Crippen LogP contribution in [0.5, 0.6) is 0 Å². The lowest BCUT2D eigenvalue weighted by atomic mass is 9.84. The number of halogens is 1. The molecule has 9 heteroatoms. The van der Waals surface area contributed by atoms with Gasteiger partial charge in [0.1, 0.15) is 5.60 Å². The number of carbonyl (C=O) groups is 2. The first-order valence-electron chi connectivity index (χ1n) is 7.40. The molecule has 25 heavy (non-hydrogen) atoms. The van der Waals surface area contributed by atoms with Crippen molar-refractivity contribution in [3.8, 4) is 0 Å². The highest BCUT2D eigenvalue weighted by molar-refractivity contribution is 6.09. The Hall–Kier alpha value is -2.71. The molecule has 0 heterocycles. The predicted octanol–water partition coefficient (Wildman–Crippen LogP) is 4.45. The van der Waals surface area contributed by atoms with Gasteiger partial charge >= 0.3 is 17.9 Å². The predicted molar refractivity (Wildman–Crippen MR) is 88.5 cm³/mol. The molecule has 0 fully saturated rings. The number of amides is 2. The van der Waals surface area contributed by atoms with Gasteiger partial charge in [-0.25, -0.2) is 9.59 Å². The largest absolute Gasteiger partial charge is 0.464 e. The summed E-state index contributed by atoms with van der Waals surface area (Å²) < 4.78 is 19.7. The lowest BCUT2D eigenvalue weighted by molar-refractivity contribution is -0.387. The molecule has 0 saturated heterocycles. The van der Waals surface area contributed by atoms with Gasteiger partial charge in [0.2, 0.25) is 5.82 Å². The summed E-state index contributed by atoms with van der Waals surface area (Å²) in [6, 6.07) is 1.85. The molecule has 1 rings (SSSR count). The van der Waals surface area contributed by atoms with Gasteiger partial charge in [0, 0.05) is 11.6 Å². The number of hydrogen-bond donors (Lipinski definition) is 1. The van der Waals surface area contributed by atoms with E-state index in [4.69, 9.17) is 4.74 Å². The SMILES string of the molecule is CC(C)(C)OC(=O)N(C(=O)O)c1ccc([N+](=O)[O-])c(F)c1C(C)(C)C. The minimum absolute atomic E-state index is 0.249. The van der Waals surface area contributed by atoms with Crippen LogP contribution in [0.4, 0.5) is 25.4 Å². The van der Waals surface area contributed by atoms with E-state index in [1.54, 1.807) is 41.5 Å². The van der Waals surface area contributed by atoms with E-state index in [0.717, 1.165) is 12.1 Å². The zero-order valence-electron chi connectivity index (χ0n) is 14.9. The summed E-state index contributed by atoms with van der Waals surface area (Å²) in [5.74, 6) is -1.19. The molecule has 1 aromatic carbocycles. The molecule has 0 bridgehead atoms. The summed E-state index contributed by atoms with van der Waals surface area (Å²) in [6.07, 6.45) is -2.91. The first-order chi connectivity index (χ1) is 11.2. The van der Waals surface area contributed by atoms with Crippen LogP contribution in [0.25, 0.3) is 0 Å². The average molecular weight is 356 g/mol. The van der Waals surface area contributed by atoms with Crippen LogP contribution in [-0.4, -0.2) is 27.8 Å². The van der Waals surface area contributed by atoms with Crippen molar-refractivity contribution in [2.24, 2.45) is 0 Å². The highest BCUT2D eigenvalue weighted by atomic mass is 19.1. The van der Waals surface area contributed by atoms with Crippen LogP contribution >= 0.6 is 0 Å². The second-order valence-electron chi connectivity index (χ2n) is 7.40. The lowest BCUT2D eigenvalue weighted by Gasteiger charge is -2.29. The molecule has 0 unspecified atom stereocenters. The van der Waals surface area contributed by atoms with Gasteiger partial charge in [-0.05, 0) is 32.3 Å². The quantitative estimate of drug-likeness (QED) is 0.619. The van der Waals surface area contributed by atoms with Gasteiger partial charge in [-0.1, -0.05) is 20.8 Å². The van der Waals surface area contributed by atoms with Crippen molar-refractivity contribution < 1.29 is 28.7 Å². The third-order valence-electron chi connectivity index (χ3n) is 3.05. The van der Waals surface area contributed by atoms with Gasteiger partial charge in [-0.2, -0.15) is 9.29 Å². The second kappa shape index (κ2) is 6.66. The fourth-order valence-corrected chi connectivity index (χ4v) is 2.18. The van der Waals surface area contributed by atoms with E-state index in [0.29, 0.717) is 0 Å². The summed E-state index contributed by atoms with van der Waals surface area (Å²) in [5.41, 5.74) is -3.39. The number of anilines is 1. The summed E-state index contributed by atoms with van der Waals surface area (Å²) in [7, 11) is 0. The maximum atomic E-state index is 14.7. The van der Waals surface area contributed by atoms with E-state index in [2.05, 4.69) is 0 Å². The smallest absolute Gasteiger partial charge is 0.424 e. The number of benzene rings is 1. The third-order valence-corrected chi connectivity index (χ3v) is 3.05. The van der Waals surface area contributed by atoms with Crippen LogP contribution in [0.2, 0.25) is 0 Å². The average Bonchev–Trinajstić information content (AvgIpc) is 2.33. The molecule has 0 atom stereocenters. The molecule has 0 aliphatic carbocycles. The summed E-state index contributed by atoms with van der Waals surface area (Å²) >= 11 is 0. The van der Waals surface area contributed by atoms with E-state index in [9.17, 15) is 29.2 Å². The Morgan fingerprint density at radius 2 is 1.72 bits per heavy atom. The molecule has 138 valence electrons. The van der Waals surface area contributed by atoms with Crippen molar-refractivity contribution in [3.05, 3.63) is 33.6 Å². The molecule has 0 radical (unpaired) electrons. The molecule has 2 amide bonds. The van der Waals surface area contributed by atoms with Crippen molar-refractivity contribution in [3.63, 3.8) is 0 Å². The van der Waals surface area contributed by atoms with Gasteiger partial charge in [0.15, 0.2) is 0 Å². The standard InChI is InChI=1S/C16H21FN2O6/c1-15(2,3)11-9(7-8-10(12(11)17)19(23)24)18(13(20)21)14(22)25-16(4,5)6/h7-8H,1-6H3,(H,20,21). The first kappa shape index (κ1) is 20.3. The third kappa shape index (κ3) is 4.65. The number of imide groups is 1. The molecule has 0 saturated carbocycles. The lowest BCUT2D eigenvalue weighted by Crippen LogP contribution is -2.41. The topological polar surface area (TPSA) is 110 Å². The van der Waals surface area contributed by atoms with Crippen LogP contribution in [0, 0.1) is 15.9 Å². The highest BCUT2D eigenvalue weighted by Gasteiger charge is 2.37. The molecule has 1 aromatic rings. The van der Waals surface area contributed by atoms with Gasteiger partial charge in [-0.15, -0.1) is 0 Å². The van der Waals surface area contributed by atoms with Crippen molar-refractivity contribution in [1.82, 2.24) is 0 Å². The van der Waals surface area contributed by atoms with Gasteiger partial charge < -0.3 is 9.84 Å². The normalized spacial score (nSPS) is 11.8. The van der Waals surface area contributed by atoms with Crippen molar-refractivity contribution in [1.29, 1.82) is 0 Å². The van der Waals surface area contributed by atoms with E-state index in [1.165, 1.54) is 0 Å². The Morgan fingerprint density at radius 3 is 2.08 bits per heavy atom. The molecular formula is C16H21FN2O6. The zero-order valence-corrected chi connectivity index (χ0v) is 14.9. The molecule has 8 nitrogen and oxygen atoms in total. The van der Waals surface area contributed by atoms with Crippen LogP contribution in [0.1, 0.15) is 47.1 Å². The number of nitro benzene ring substituents is 1. The Morgan fingerprint density at radius 1 is 1.20 bits per heavy atom. The Labute approximate surface area is 144 Å². The fourth-order valence-electron chi connectivity index (χ4n) is 2.18. The number of nitro groups is 1. The monoisotopic (exact) mass is 356 g/mol. The molecule has 0 aliphatic rings. The van der Waals surface area contributed by atoms with Gasteiger partial charge in [0.25, 0.3) is 0 Å². The van der Waals surface area contributed by atoms with E-state index >= 15 is 0 Å². The molecule has 1 N–H and O–H groups in total. The molecule has 0 aliphatic heterocycles. The minimum atomic E-state index is -1.69. The molecule has 0 spiro atoms. The number of carbonyl (C=O) groups excluding carboxylic acids is 1. The number of hydrogen-bond acceptors (Lipinski definition) is 5. The van der Waals surface area contributed by atoms with E-state index in [1.807, 2.05) is 0 Å². The van der Waals surface area contributed by atoms with Gasteiger partial charge in [-0.3, -0.25) is 10.1 Å². The Kier molecular flexibility index (Phi) is 5.41. The molecular weight excluding hydrogens is 335 g/mol. The Bertz CT molecular complexity index is 719. The first-order valence-corrected chi connectivity index (χ1v) is 7.40. The van der Waals surface area contributed by atoms with E-state index in [-0.39, 0.29) is 16.2 Å². The zero-order chi connectivity index (χ0) is 19.7. The second-order valence-corrected chi connectivity index (χ2v) is 7.40. The maximum absolute atomic E-state index is 14.7. The minimum Gasteiger partial charge on any atom is -0.464 e. The van der Waals surface area contributed by atoms with Crippen LogP contribution in [0.15, 0.2) is 12.1 Å². The number of ether oxygens (including phenoxy) is 1. The van der Waals surface area contributed by atoms with Crippen LogP contribution in [0.3, 0.4) is 0 Å². The Balaban J connectivity index is 3.66. The summed E-state index contributed by atoms with van der Waals surface area (Å²) in [5, 5.41) is 20.4. The van der Waals surface area contributed by atoms with Gasteiger partial charge in [0.05, 0.1) is 10.6 Å². The fraction of sp³-hybridized carbons (Fsp3) is 0.500. The van der Waals surface area contributed by atoms with Crippen LogP contribution < -0.4 is 4.90 Å². The van der Waals surface area contributed by atoms with Crippen molar-refractivity contribution in [2.75, 3.05) is 4.90 Å². The van der Waals surface area contributed by atoms with Crippen molar-refractivity contribution in [2.45, 2.75) is 52.6 Å². The maximum Gasteiger partial charge on any atom is 0.424 e.